The zero-order chi connectivity index (χ0) is 17.8. The van der Waals surface area contributed by atoms with Gasteiger partial charge in [-0.1, -0.05) is 6.92 Å². The predicted octanol–water partition coefficient (Wildman–Crippen LogP) is 1.99. The van der Waals surface area contributed by atoms with Crippen LogP contribution in [0.3, 0.4) is 0 Å². The standard InChI is InChI=1S/C17H18N6O2/c1-3-16-17(12(2)22(21-16)4-5-24)25-15-7-13(9-18)6-14(8-15)23-11-19-10-20-23/h6-8,10-11,24H,3-5H2,1-2H3. The van der Waals surface area contributed by atoms with Crippen LogP contribution in [0.25, 0.3) is 5.69 Å². The Morgan fingerprint density at radius 1 is 1.32 bits per heavy atom. The van der Waals surface area contributed by atoms with Crippen molar-refractivity contribution in [3.05, 3.63) is 47.8 Å². The highest BCUT2D eigenvalue weighted by Gasteiger charge is 2.16. The number of nitriles is 1. The molecular weight excluding hydrogens is 320 g/mol. The molecule has 2 heterocycles. The second kappa shape index (κ2) is 7.15. The van der Waals surface area contributed by atoms with E-state index in [0.29, 0.717) is 35.7 Å². The van der Waals surface area contributed by atoms with Gasteiger partial charge >= 0.3 is 0 Å². The molecule has 0 amide bonds. The number of aliphatic hydroxyl groups is 1. The van der Waals surface area contributed by atoms with Crippen LogP contribution in [-0.4, -0.2) is 36.3 Å². The van der Waals surface area contributed by atoms with E-state index in [-0.39, 0.29) is 6.61 Å². The van der Waals surface area contributed by atoms with Crippen molar-refractivity contribution >= 4 is 0 Å². The lowest BCUT2D eigenvalue weighted by Crippen LogP contribution is -2.06. The second-order valence-corrected chi connectivity index (χ2v) is 5.43. The first kappa shape index (κ1) is 16.7. The van der Waals surface area contributed by atoms with Gasteiger partial charge in [-0.3, -0.25) is 4.68 Å². The molecule has 0 saturated heterocycles. The van der Waals surface area contributed by atoms with Gasteiger partial charge in [0.25, 0.3) is 0 Å². The summed E-state index contributed by atoms with van der Waals surface area (Å²) < 4.78 is 9.35. The van der Waals surface area contributed by atoms with Gasteiger partial charge in [0.1, 0.15) is 24.1 Å². The smallest absolute Gasteiger partial charge is 0.171 e. The van der Waals surface area contributed by atoms with Gasteiger partial charge in [0.15, 0.2) is 5.75 Å². The fraction of sp³-hybridized carbons (Fsp3) is 0.294. The molecule has 0 unspecified atom stereocenters. The summed E-state index contributed by atoms with van der Waals surface area (Å²) in [5, 5.41) is 27.0. The van der Waals surface area contributed by atoms with Crippen LogP contribution in [-0.2, 0) is 13.0 Å². The van der Waals surface area contributed by atoms with E-state index in [0.717, 1.165) is 11.4 Å². The van der Waals surface area contributed by atoms with Gasteiger partial charge in [-0.2, -0.15) is 15.5 Å². The van der Waals surface area contributed by atoms with Crippen LogP contribution in [0.2, 0.25) is 0 Å². The highest BCUT2D eigenvalue weighted by Crippen LogP contribution is 2.31. The third-order valence-electron chi connectivity index (χ3n) is 3.79. The molecular formula is C17H18N6O2. The maximum Gasteiger partial charge on any atom is 0.171 e. The van der Waals surface area contributed by atoms with Crippen molar-refractivity contribution in [3.63, 3.8) is 0 Å². The fourth-order valence-electron chi connectivity index (χ4n) is 2.57. The number of nitrogens with zero attached hydrogens (tertiary/aromatic N) is 6. The van der Waals surface area contributed by atoms with Crippen molar-refractivity contribution in [1.82, 2.24) is 24.5 Å². The summed E-state index contributed by atoms with van der Waals surface area (Å²) in [5.74, 6) is 1.17. The summed E-state index contributed by atoms with van der Waals surface area (Å²) in [6.07, 6.45) is 3.68. The van der Waals surface area contributed by atoms with E-state index in [2.05, 4.69) is 21.3 Å². The summed E-state index contributed by atoms with van der Waals surface area (Å²) in [4.78, 5) is 3.92. The Kier molecular flexibility index (Phi) is 4.77. The zero-order valence-corrected chi connectivity index (χ0v) is 14.0. The monoisotopic (exact) mass is 338 g/mol. The van der Waals surface area contributed by atoms with E-state index in [9.17, 15) is 5.26 Å². The average molecular weight is 338 g/mol. The van der Waals surface area contributed by atoms with Crippen molar-refractivity contribution in [2.24, 2.45) is 0 Å². The number of rotatable bonds is 6. The van der Waals surface area contributed by atoms with E-state index in [4.69, 9.17) is 9.84 Å². The molecule has 0 bridgehead atoms. The first-order valence-corrected chi connectivity index (χ1v) is 7.91. The molecule has 0 radical (unpaired) electrons. The molecule has 0 fully saturated rings. The highest BCUT2D eigenvalue weighted by molar-refractivity contribution is 5.49. The third kappa shape index (κ3) is 3.36. The molecule has 3 rings (SSSR count). The van der Waals surface area contributed by atoms with Gasteiger partial charge in [0.2, 0.25) is 0 Å². The first-order valence-electron chi connectivity index (χ1n) is 7.91. The van der Waals surface area contributed by atoms with Crippen molar-refractivity contribution in [2.75, 3.05) is 6.61 Å². The van der Waals surface area contributed by atoms with Crippen molar-refractivity contribution in [2.45, 2.75) is 26.8 Å². The van der Waals surface area contributed by atoms with Crippen LogP contribution >= 0.6 is 0 Å². The van der Waals surface area contributed by atoms with E-state index in [1.807, 2.05) is 13.8 Å². The van der Waals surface area contributed by atoms with E-state index < -0.39 is 0 Å². The van der Waals surface area contributed by atoms with E-state index in [1.54, 1.807) is 33.9 Å². The summed E-state index contributed by atoms with van der Waals surface area (Å²) in [6, 6.07) is 7.30. The highest BCUT2D eigenvalue weighted by atomic mass is 16.5. The Morgan fingerprint density at radius 2 is 2.16 bits per heavy atom. The van der Waals surface area contributed by atoms with Crippen LogP contribution in [0.4, 0.5) is 0 Å². The van der Waals surface area contributed by atoms with E-state index in [1.165, 1.54) is 6.33 Å². The normalized spacial score (nSPS) is 10.6. The minimum absolute atomic E-state index is 0.00544. The molecule has 0 aliphatic heterocycles. The lowest BCUT2D eigenvalue weighted by Gasteiger charge is -2.10. The molecule has 0 saturated carbocycles. The number of benzene rings is 1. The van der Waals surface area contributed by atoms with E-state index >= 15 is 0 Å². The Labute approximate surface area is 144 Å². The van der Waals surface area contributed by atoms with Crippen LogP contribution < -0.4 is 4.74 Å². The number of hydrogen-bond donors (Lipinski definition) is 1. The summed E-state index contributed by atoms with van der Waals surface area (Å²) in [5.41, 5.74) is 2.78. The minimum Gasteiger partial charge on any atom is -0.453 e. The van der Waals surface area contributed by atoms with Crippen LogP contribution in [0.5, 0.6) is 11.5 Å². The maximum atomic E-state index is 9.28. The summed E-state index contributed by atoms with van der Waals surface area (Å²) in [6.45, 7) is 4.30. The van der Waals surface area contributed by atoms with Gasteiger partial charge in [-0.05, 0) is 25.5 Å². The molecule has 1 N–H and O–H groups in total. The molecule has 3 aromatic rings. The predicted molar refractivity (Wildman–Crippen MR) is 89.6 cm³/mol. The molecule has 128 valence electrons. The fourth-order valence-corrected chi connectivity index (χ4v) is 2.57. The number of aliphatic hydroxyl groups excluding tert-OH is 1. The van der Waals surface area contributed by atoms with Gasteiger partial charge < -0.3 is 9.84 Å². The second-order valence-electron chi connectivity index (χ2n) is 5.43. The molecule has 2 aromatic heterocycles. The molecule has 1 aromatic carbocycles. The Bertz CT molecular complexity index is 908. The molecule has 0 spiro atoms. The average Bonchev–Trinajstić information content (AvgIpc) is 3.26. The molecule has 25 heavy (non-hydrogen) atoms. The lowest BCUT2D eigenvalue weighted by molar-refractivity contribution is 0.267. The molecule has 8 heteroatoms. The van der Waals surface area contributed by atoms with Gasteiger partial charge in [-0.25, -0.2) is 9.67 Å². The summed E-state index contributed by atoms with van der Waals surface area (Å²) in [7, 11) is 0. The molecule has 0 atom stereocenters. The van der Waals surface area contributed by atoms with Crippen LogP contribution in [0, 0.1) is 18.3 Å². The molecule has 8 nitrogen and oxygen atoms in total. The molecule has 0 aliphatic rings. The Balaban J connectivity index is 2.01. The quantitative estimate of drug-likeness (QED) is 0.737. The number of ether oxygens (including phenoxy) is 1. The van der Waals surface area contributed by atoms with Crippen molar-refractivity contribution in [3.8, 4) is 23.3 Å². The number of hydrogen-bond acceptors (Lipinski definition) is 6. The molecule has 0 aliphatic carbocycles. The lowest BCUT2D eigenvalue weighted by atomic mass is 10.2. The minimum atomic E-state index is 0.00544. The van der Waals surface area contributed by atoms with Crippen LogP contribution in [0.1, 0.15) is 23.9 Å². The van der Waals surface area contributed by atoms with Crippen molar-refractivity contribution in [1.29, 1.82) is 5.26 Å². The van der Waals surface area contributed by atoms with Gasteiger partial charge in [-0.15, -0.1) is 0 Å². The number of aryl methyl sites for hydroxylation is 1. The van der Waals surface area contributed by atoms with Gasteiger partial charge in [0.05, 0.1) is 36.2 Å². The maximum absolute atomic E-state index is 9.28. The summed E-state index contributed by atoms with van der Waals surface area (Å²) >= 11 is 0. The Morgan fingerprint density at radius 3 is 2.80 bits per heavy atom. The van der Waals surface area contributed by atoms with Crippen LogP contribution in [0.15, 0.2) is 30.9 Å². The SMILES string of the molecule is CCc1nn(CCO)c(C)c1Oc1cc(C#N)cc(-n2cncn2)c1. The topological polar surface area (TPSA) is 102 Å². The number of aromatic nitrogens is 5. The van der Waals surface area contributed by atoms with Crippen molar-refractivity contribution < 1.29 is 9.84 Å². The third-order valence-corrected chi connectivity index (χ3v) is 3.79. The zero-order valence-electron chi connectivity index (χ0n) is 14.0. The van der Waals surface area contributed by atoms with Gasteiger partial charge in [0, 0.05) is 6.07 Å². The first-order chi connectivity index (χ1) is 12.2. The Hall–Kier alpha value is -3.18. The largest absolute Gasteiger partial charge is 0.453 e.